The molecule has 11 heavy (non-hydrogen) atoms. The molecule has 0 aromatic rings. The Bertz CT molecular complexity index is 243. The molecule has 0 bridgehead atoms. The number of nitrogens with one attached hydrogen (secondary N) is 1. The number of urea groups is 1. The van der Waals surface area contributed by atoms with E-state index < -0.39 is 12.1 Å². The lowest BCUT2D eigenvalue weighted by atomic mass is 10.2. The van der Waals surface area contributed by atoms with Crippen molar-refractivity contribution in [2.75, 3.05) is 7.05 Å². The van der Waals surface area contributed by atoms with Gasteiger partial charge >= 0.3 is 6.03 Å². The molecule has 0 spiro atoms. The predicted octanol–water partition coefficient (Wildman–Crippen LogP) is -0.550. The Balaban J connectivity index is 2.69. The quantitative estimate of drug-likeness (QED) is 0.513. The Morgan fingerprint density at radius 3 is 2.73 bits per heavy atom. The molecule has 1 atom stereocenters. The highest BCUT2D eigenvalue weighted by atomic mass is 16.2. The average molecular weight is 153 g/mol. The molecule has 5 nitrogen and oxygen atoms in total. The minimum Gasteiger partial charge on any atom is -0.325 e. The lowest BCUT2D eigenvalue weighted by Crippen LogP contribution is -2.28. The summed E-state index contributed by atoms with van der Waals surface area (Å²) in [5, 5.41) is 10.6. The zero-order chi connectivity index (χ0) is 8.43. The van der Waals surface area contributed by atoms with Gasteiger partial charge in [-0.15, -0.1) is 0 Å². The minimum atomic E-state index is -0.641. The van der Waals surface area contributed by atoms with Crippen molar-refractivity contribution < 1.29 is 9.59 Å². The van der Waals surface area contributed by atoms with E-state index >= 15 is 0 Å². The van der Waals surface area contributed by atoms with Gasteiger partial charge in [-0.25, -0.2) is 4.79 Å². The molecule has 0 aromatic heterocycles. The van der Waals surface area contributed by atoms with Crippen LogP contribution < -0.4 is 5.32 Å². The van der Waals surface area contributed by atoms with Gasteiger partial charge in [0, 0.05) is 7.05 Å². The van der Waals surface area contributed by atoms with Crippen LogP contribution in [0.3, 0.4) is 0 Å². The average Bonchev–Trinajstić information content (AvgIpc) is 2.19. The van der Waals surface area contributed by atoms with E-state index in [9.17, 15) is 9.59 Å². The summed E-state index contributed by atoms with van der Waals surface area (Å²) in [4.78, 5) is 22.7. The van der Waals surface area contributed by atoms with E-state index in [-0.39, 0.29) is 12.3 Å². The highest BCUT2D eigenvalue weighted by Gasteiger charge is 2.34. The van der Waals surface area contributed by atoms with Gasteiger partial charge in [-0.2, -0.15) is 5.26 Å². The number of hydrogen-bond acceptors (Lipinski definition) is 3. The van der Waals surface area contributed by atoms with Crippen molar-refractivity contribution >= 4 is 11.9 Å². The second-order valence-electron chi connectivity index (χ2n) is 2.26. The van der Waals surface area contributed by atoms with Gasteiger partial charge in [0.15, 0.2) is 0 Å². The van der Waals surface area contributed by atoms with Gasteiger partial charge in [0.05, 0.1) is 12.5 Å². The summed E-state index contributed by atoms with van der Waals surface area (Å²) in [5.74, 6) is -0.337. The fraction of sp³-hybridized carbons (Fsp3) is 0.500. The van der Waals surface area contributed by atoms with Gasteiger partial charge in [-0.05, 0) is 0 Å². The van der Waals surface area contributed by atoms with Gasteiger partial charge in [0.2, 0.25) is 0 Å². The highest BCUT2D eigenvalue weighted by molar-refractivity contribution is 6.03. The van der Waals surface area contributed by atoms with E-state index in [4.69, 9.17) is 5.26 Å². The molecule has 0 aliphatic carbocycles. The molecule has 1 rings (SSSR count). The molecule has 1 heterocycles. The molecule has 0 saturated carbocycles. The van der Waals surface area contributed by atoms with E-state index in [1.54, 1.807) is 0 Å². The Hall–Kier alpha value is -1.57. The molecular weight excluding hydrogens is 146 g/mol. The highest BCUT2D eigenvalue weighted by Crippen LogP contribution is 2.05. The first-order valence-electron chi connectivity index (χ1n) is 3.12. The molecule has 1 aliphatic rings. The maximum atomic E-state index is 11.0. The summed E-state index contributed by atoms with van der Waals surface area (Å²) >= 11 is 0. The van der Waals surface area contributed by atoms with E-state index in [1.165, 1.54) is 7.05 Å². The molecular formula is C6H7N3O2. The summed E-state index contributed by atoms with van der Waals surface area (Å²) in [6, 6.07) is 0.743. The summed E-state index contributed by atoms with van der Waals surface area (Å²) in [5.41, 5.74) is 0. The summed E-state index contributed by atoms with van der Waals surface area (Å²) in [6.45, 7) is 0. The van der Waals surface area contributed by atoms with Gasteiger partial charge in [-0.3, -0.25) is 9.69 Å². The molecule has 3 amide bonds. The van der Waals surface area contributed by atoms with Crippen LogP contribution in [-0.2, 0) is 4.79 Å². The fourth-order valence-electron chi connectivity index (χ4n) is 0.871. The van der Waals surface area contributed by atoms with Crippen molar-refractivity contribution in [2.45, 2.75) is 12.5 Å². The number of amides is 3. The molecule has 0 aromatic carbocycles. The fourth-order valence-corrected chi connectivity index (χ4v) is 0.871. The van der Waals surface area contributed by atoms with Crippen molar-refractivity contribution in [1.82, 2.24) is 10.2 Å². The van der Waals surface area contributed by atoms with Gasteiger partial charge in [-0.1, -0.05) is 0 Å². The first kappa shape index (κ1) is 7.54. The van der Waals surface area contributed by atoms with Crippen molar-refractivity contribution in [1.29, 1.82) is 5.26 Å². The molecule has 1 saturated heterocycles. The number of likely N-dealkylation sites (N-methyl/N-ethyl adjacent to an activating group) is 1. The van der Waals surface area contributed by atoms with Crippen molar-refractivity contribution in [3.63, 3.8) is 0 Å². The zero-order valence-electron chi connectivity index (χ0n) is 6.00. The molecule has 1 fully saturated rings. The van der Waals surface area contributed by atoms with Crippen LogP contribution in [0.5, 0.6) is 0 Å². The molecule has 5 heteroatoms. The van der Waals surface area contributed by atoms with Crippen LogP contribution in [0.25, 0.3) is 0 Å². The Labute approximate surface area is 63.6 Å². The first-order valence-corrected chi connectivity index (χ1v) is 3.12. The van der Waals surface area contributed by atoms with E-state index in [0.29, 0.717) is 0 Å². The molecule has 58 valence electrons. The van der Waals surface area contributed by atoms with Crippen LogP contribution >= 0.6 is 0 Å². The van der Waals surface area contributed by atoms with Crippen LogP contribution in [0, 0.1) is 11.3 Å². The maximum Gasteiger partial charge on any atom is 0.324 e. The standard InChI is InChI=1S/C6H7N3O2/c1-9-5(10)4(2-3-7)8-6(9)11/h4H,2H2,1H3,(H,8,11). The first-order chi connectivity index (χ1) is 5.16. The zero-order valence-corrected chi connectivity index (χ0v) is 6.00. The lowest BCUT2D eigenvalue weighted by Gasteiger charge is -2.01. The number of nitrogens with zero attached hydrogens (tertiary/aromatic N) is 2. The smallest absolute Gasteiger partial charge is 0.324 e. The predicted molar refractivity (Wildman–Crippen MR) is 35.3 cm³/mol. The summed E-state index contributed by atoms with van der Waals surface area (Å²) < 4.78 is 0. The molecule has 1 aliphatic heterocycles. The van der Waals surface area contributed by atoms with Crippen LogP contribution in [0.4, 0.5) is 4.79 Å². The Morgan fingerprint density at radius 2 is 2.36 bits per heavy atom. The number of rotatable bonds is 1. The van der Waals surface area contributed by atoms with E-state index in [2.05, 4.69) is 5.32 Å². The van der Waals surface area contributed by atoms with E-state index in [0.717, 1.165) is 4.90 Å². The Kier molecular flexibility index (Phi) is 1.77. The molecule has 1 unspecified atom stereocenters. The van der Waals surface area contributed by atoms with Crippen LogP contribution in [0.2, 0.25) is 0 Å². The van der Waals surface area contributed by atoms with Crippen LogP contribution in [0.15, 0.2) is 0 Å². The van der Waals surface area contributed by atoms with Gasteiger partial charge < -0.3 is 5.32 Å². The van der Waals surface area contributed by atoms with E-state index in [1.807, 2.05) is 6.07 Å². The third kappa shape index (κ3) is 1.15. The van der Waals surface area contributed by atoms with Crippen LogP contribution in [0.1, 0.15) is 6.42 Å². The Morgan fingerprint density at radius 1 is 1.73 bits per heavy atom. The number of carbonyl (C=O) groups is 2. The van der Waals surface area contributed by atoms with Gasteiger partial charge in [0.1, 0.15) is 6.04 Å². The van der Waals surface area contributed by atoms with Crippen LogP contribution in [-0.4, -0.2) is 29.9 Å². The normalized spacial score (nSPS) is 23.3. The monoisotopic (exact) mass is 153 g/mol. The third-order valence-electron chi connectivity index (χ3n) is 1.53. The van der Waals surface area contributed by atoms with Crippen molar-refractivity contribution in [3.05, 3.63) is 0 Å². The second-order valence-corrected chi connectivity index (χ2v) is 2.26. The van der Waals surface area contributed by atoms with Gasteiger partial charge in [0.25, 0.3) is 5.91 Å². The third-order valence-corrected chi connectivity index (χ3v) is 1.53. The molecule has 0 radical (unpaired) electrons. The SMILES string of the molecule is CN1C(=O)NC(CC#N)C1=O. The number of carbonyl (C=O) groups excluding carboxylic acids is 2. The molecule has 1 N–H and O–H groups in total. The number of imide groups is 1. The lowest BCUT2D eigenvalue weighted by molar-refractivity contribution is -0.126. The second kappa shape index (κ2) is 2.58. The minimum absolute atomic E-state index is 0.0366. The van der Waals surface area contributed by atoms with Crippen molar-refractivity contribution in [3.8, 4) is 6.07 Å². The summed E-state index contributed by atoms with van der Waals surface area (Å²) in [6.07, 6.45) is 0.0366. The number of hydrogen-bond donors (Lipinski definition) is 1. The van der Waals surface area contributed by atoms with Crippen molar-refractivity contribution in [2.24, 2.45) is 0 Å². The number of nitriles is 1. The topological polar surface area (TPSA) is 73.2 Å². The largest absolute Gasteiger partial charge is 0.325 e. The maximum absolute atomic E-state index is 11.0. The summed E-state index contributed by atoms with van der Waals surface area (Å²) in [7, 11) is 1.38.